The van der Waals surface area contributed by atoms with Crippen molar-refractivity contribution in [2.45, 2.75) is 64.8 Å². The van der Waals surface area contributed by atoms with Crippen molar-refractivity contribution in [3.05, 3.63) is 47.6 Å². The molecule has 1 aromatic carbocycles. The number of methoxy groups -OCH3 is 2. The first-order valence-electron chi connectivity index (χ1n) is 11.7. The van der Waals surface area contributed by atoms with Crippen molar-refractivity contribution in [1.29, 1.82) is 0 Å². The van der Waals surface area contributed by atoms with Crippen LogP contribution < -0.4 is 4.74 Å². The molecule has 1 aliphatic carbocycles. The van der Waals surface area contributed by atoms with Gasteiger partial charge in [-0.15, -0.1) is 0 Å². The molecule has 1 saturated heterocycles. The number of ether oxygens (including phenoxy) is 4. The fraction of sp³-hybridized carbons (Fsp3) is 0.593. The van der Waals surface area contributed by atoms with Gasteiger partial charge >= 0.3 is 5.97 Å². The standard InChI is InChI=1S/C27H38O5/c1-18(2)8-7-9-19(3)24-26(30-6)25(20(4)16-27(24)17-31-27)32-23(28)15-12-21-10-13-22(29-5)14-11-21/h9-15,18,20,24-26H,7-8,16-17H2,1-6H3/t20-,24-,25+,26-,27-/m0/s1. The number of hydrogen-bond donors (Lipinski definition) is 0. The minimum Gasteiger partial charge on any atom is -0.497 e. The molecule has 0 bridgehead atoms. The Bertz CT molecular complexity index is 819. The SMILES string of the molecule is COc1ccc(C=CC(=O)O[C@H]2[C@@H](OC)[C@H](C(C)=CCCC(C)C)[C@@]3(CO3)C[C@@H]2C)cc1. The van der Waals surface area contributed by atoms with E-state index in [0.717, 1.165) is 37.2 Å². The predicted octanol–water partition coefficient (Wildman–Crippen LogP) is 5.44. The highest BCUT2D eigenvalue weighted by molar-refractivity contribution is 5.87. The lowest BCUT2D eigenvalue weighted by Gasteiger charge is -2.44. The van der Waals surface area contributed by atoms with E-state index in [4.69, 9.17) is 18.9 Å². The second kappa shape index (κ2) is 10.7. The van der Waals surface area contributed by atoms with E-state index in [2.05, 4.69) is 33.8 Å². The topological polar surface area (TPSA) is 57.3 Å². The number of carbonyl (C=O) groups excluding carboxylic acids is 1. The third kappa shape index (κ3) is 5.81. The molecule has 5 heteroatoms. The van der Waals surface area contributed by atoms with Gasteiger partial charge in [0, 0.05) is 19.1 Å². The summed E-state index contributed by atoms with van der Waals surface area (Å²) in [6, 6.07) is 7.53. The van der Waals surface area contributed by atoms with Crippen LogP contribution in [0.4, 0.5) is 0 Å². The monoisotopic (exact) mass is 442 g/mol. The minimum atomic E-state index is -0.354. The van der Waals surface area contributed by atoms with Crippen LogP contribution in [0.2, 0.25) is 0 Å². The first-order valence-corrected chi connectivity index (χ1v) is 11.7. The Morgan fingerprint density at radius 2 is 1.91 bits per heavy atom. The van der Waals surface area contributed by atoms with Crippen LogP contribution in [0.15, 0.2) is 42.0 Å². The van der Waals surface area contributed by atoms with E-state index in [1.807, 2.05) is 24.3 Å². The normalized spacial score (nSPS) is 30.2. The Hall–Kier alpha value is -2.11. The van der Waals surface area contributed by atoms with Gasteiger partial charge in [0.05, 0.1) is 13.7 Å². The van der Waals surface area contributed by atoms with Gasteiger partial charge in [-0.25, -0.2) is 4.79 Å². The van der Waals surface area contributed by atoms with Crippen LogP contribution in [-0.4, -0.2) is 44.6 Å². The molecular weight excluding hydrogens is 404 g/mol. The zero-order chi connectivity index (χ0) is 23.3. The molecule has 1 saturated carbocycles. The Morgan fingerprint density at radius 3 is 2.47 bits per heavy atom. The number of hydrogen-bond acceptors (Lipinski definition) is 5. The van der Waals surface area contributed by atoms with Crippen molar-refractivity contribution in [3.8, 4) is 5.75 Å². The van der Waals surface area contributed by atoms with Crippen LogP contribution in [-0.2, 0) is 19.0 Å². The van der Waals surface area contributed by atoms with Crippen molar-refractivity contribution < 1.29 is 23.7 Å². The summed E-state index contributed by atoms with van der Waals surface area (Å²) in [4.78, 5) is 12.7. The van der Waals surface area contributed by atoms with E-state index >= 15 is 0 Å². The number of rotatable bonds is 9. The van der Waals surface area contributed by atoms with Crippen molar-refractivity contribution in [2.24, 2.45) is 17.8 Å². The van der Waals surface area contributed by atoms with Crippen molar-refractivity contribution in [3.63, 3.8) is 0 Å². The summed E-state index contributed by atoms with van der Waals surface area (Å²) in [5.41, 5.74) is 2.01. The molecule has 0 radical (unpaired) electrons. The predicted molar refractivity (Wildman–Crippen MR) is 126 cm³/mol. The Balaban J connectivity index is 1.71. The first kappa shape index (κ1) is 24.5. The average molecular weight is 443 g/mol. The van der Waals surface area contributed by atoms with Gasteiger partial charge in [0.2, 0.25) is 0 Å². The molecular formula is C27H38O5. The van der Waals surface area contributed by atoms with Gasteiger partial charge in [0.1, 0.15) is 23.6 Å². The number of benzene rings is 1. The van der Waals surface area contributed by atoms with Crippen molar-refractivity contribution >= 4 is 12.0 Å². The molecule has 1 spiro atoms. The van der Waals surface area contributed by atoms with Gasteiger partial charge in [-0.1, -0.05) is 44.6 Å². The van der Waals surface area contributed by atoms with Crippen LogP contribution in [0.5, 0.6) is 5.75 Å². The molecule has 0 amide bonds. The third-order valence-electron chi connectivity index (χ3n) is 6.72. The highest BCUT2D eigenvalue weighted by atomic mass is 16.6. The number of allylic oxidation sites excluding steroid dienone is 1. The fourth-order valence-corrected chi connectivity index (χ4v) is 4.94. The van der Waals surface area contributed by atoms with Crippen molar-refractivity contribution in [2.75, 3.05) is 20.8 Å². The van der Waals surface area contributed by atoms with Crippen LogP contribution in [0.3, 0.4) is 0 Å². The number of epoxide rings is 1. The highest BCUT2D eigenvalue weighted by Gasteiger charge is 2.61. The number of carbonyl (C=O) groups is 1. The molecule has 0 N–H and O–H groups in total. The minimum absolute atomic E-state index is 0.0965. The molecule has 176 valence electrons. The van der Waals surface area contributed by atoms with Crippen molar-refractivity contribution in [1.82, 2.24) is 0 Å². The second-order valence-corrected chi connectivity index (χ2v) is 9.64. The Kier molecular flexibility index (Phi) is 8.18. The van der Waals surface area contributed by atoms with Crippen LogP contribution in [0, 0.1) is 17.8 Å². The molecule has 5 nitrogen and oxygen atoms in total. The molecule has 2 aliphatic rings. The van der Waals surface area contributed by atoms with Gasteiger partial charge in [-0.05, 0) is 61.8 Å². The molecule has 0 aromatic heterocycles. The molecule has 2 fully saturated rings. The smallest absolute Gasteiger partial charge is 0.331 e. The van der Waals surface area contributed by atoms with Crippen LogP contribution >= 0.6 is 0 Å². The Labute approximate surface area is 192 Å². The largest absolute Gasteiger partial charge is 0.497 e. The number of esters is 1. The van der Waals surface area contributed by atoms with E-state index in [0.29, 0.717) is 5.92 Å². The third-order valence-corrected chi connectivity index (χ3v) is 6.72. The maximum absolute atomic E-state index is 12.7. The zero-order valence-corrected chi connectivity index (χ0v) is 20.3. The summed E-state index contributed by atoms with van der Waals surface area (Å²) in [6.07, 6.45) is 8.08. The Morgan fingerprint density at radius 1 is 1.22 bits per heavy atom. The maximum atomic E-state index is 12.7. The summed E-state index contributed by atoms with van der Waals surface area (Å²) in [5, 5.41) is 0. The summed E-state index contributed by atoms with van der Waals surface area (Å²) in [7, 11) is 3.34. The lowest BCUT2D eigenvalue weighted by atomic mass is 9.68. The van der Waals surface area contributed by atoms with E-state index in [1.54, 1.807) is 20.3 Å². The van der Waals surface area contributed by atoms with Gasteiger partial charge in [0.15, 0.2) is 0 Å². The van der Waals surface area contributed by atoms with E-state index in [9.17, 15) is 4.79 Å². The fourth-order valence-electron chi connectivity index (χ4n) is 4.94. The summed E-state index contributed by atoms with van der Waals surface area (Å²) < 4.78 is 23.1. The van der Waals surface area contributed by atoms with Gasteiger partial charge in [-0.3, -0.25) is 0 Å². The van der Waals surface area contributed by atoms with Gasteiger partial charge in [0.25, 0.3) is 0 Å². The van der Waals surface area contributed by atoms with E-state index in [1.165, 1.54) is 11.6 Å². The van der Waals surface area contributed by atoms with Crippen LogP contribution in [0.25, 0.3) is 6.08 Å². The summed E-state index contributed by atoms with van der Waals surface area (Å²) in [6.45, 7) is 9.51. The van der Waals surface area contributed by atoms with Crippen LogP contribution in [0.1, 0.15) is 52.5 Å². The lowest BCUT2D eigenvalue weighted by Crippen LogP contribution is -2.54. The molecule has 1 aromatic rings. The van der Waals surface area contributed by atoms with Gasteiger partial charge in [-0.2, -0.15) is 0 Å². The molecule has 5 atom stereocenters. The summed E-state index contributed by atoms with van der Waals surface area (Å²) in [5.74, 6) is 1.34. The maximum Gasteiger partial charge on any atom is 0.331 e. The second-order valence-electron chi connectivity index (χ2n) is 9.64. The molecule has 0 unspecified atom stereocenters. The molecule has 1 heterocycles. The highest BCUT2D eigenvalue weighted by Crippen LogP contribution is 2.52. The molecule has 32 heavy (non-hydrogen) atoms. The molecule has 3 rings (SSSR count). The molecule has 1 aliphatic heterocycles. The van der Waals surface area contributed by atoms with E-state index in [-0.39, 0.29) is 35.6 Å². The first-order chi connectivity index (χ1) is 15.3. The average Bonchev–Trinajstić information content (AvgIpc) is 3.53. The lowest BCUT2D eigenvalue weighted by molar-refractivity contribution is -0.167. The van der Waals surface area contributed by atoms with E-state index < -0.39 is 0 Å². The zero-order valence-electron chi connectivity index (χ0n) is 20.3. The van der Waals surface area contributed by atoms with Gasteiger partial charge < -0.3 is 18.9 Å². The quantitative estimate of drug-likeness (QED) is 0.220. The summed E-state index contributed by atoms with van der Waals surface area (Å²) >= 11 is 0.